The highest BCUT2D eigenvalue weighted by Crippen LogP contribution is 2.31. The number of H-pyrrole nitrogens is 1. The number of carbonyl (C=O) groups excluding carboxylic acids is 1. The number of nitrogens with zero attached hydrogens (tertiary/aromatic N) is 4. The van der Waals surface area contributed by atoms with Crippen molar-refractivity contribution in [1.29, 1.82) is 0 Å². The highest BCUT2D eigenvalue weighted by molar-refractivity contribution is 5.87. The van der Waals surface area contributed by atoms with Gasteiger partial charge >= 0.3 is 0 Å². The number of aromatic amines is 1. The lowest BCUT2D eigenvalue weighted by molar-refractivity contribution is -0.120. The summed E-state index contributed by atoms with van der Waals surface area (Å²) in [4.78, 5) is 29.6. The fraction of sp³-hybridized carbons (Fsp3) is 0.294. The number of rotatable bonds is 4. The van der Waals surface area contributed by atoms with Crippen LogP contribution in [0.1, 0.15) is 23.6 Å². The summed E-state index contributed by atoms with van der Waals surface area (Å²) in [5.74, 6) is 0.264. The summed E-state index contributed by atoms with van der Waals surface area (Å²) in [6.45, 7) is 0.151. The molecule has 0 fully saturated rings. The Morgan fingerprint density at radius 1 is 1.40 bits per heavy atom. The van der Waals surface area contributed by atoms with Gasteiger partial charge in [-0.2, -0.15) is 0 Å². The second-order valence-electron chi connectivity index (χ2n) is 6.16. The van der Waals surface area contributed by atoms with Crippen LogP contribution in [0.25, 0.3) is 11.2 Å². The minimum atomic E-state index is -0.238. The molecule has 4 rings (SSSR count). The monoisotopic (exact) mass is 340 g/mol. The summed E-state index contributed by atoms with van der Waals surface area (Å²) in [5, 5.41) is 3.02. The van der Waals surface area contributed by atoms with Crippen LogP contribution < -0.4 is 10.2 Å². The van der Waals surface area contributed by atoms with Crippen LogP contribution in [0.2, 0.25) is 0 Å². The van der Waals surface area contributed by atoms with Gasteiger partial charge in [0.05, 0.1) is 18.9 Å². The van der Waals surface area contributed by atoms with Crippen LogP contribution in [0, 0.1) is 5.82 Å². The van der Waals surface area contributed by atoms with Crippen molar-refractivity contribution < 1.29 is 9.18 Å². The van der Waals surface area contributed by atoms with Gasteiger partial charge in [0.1, 0.15) is 17.7 Å². The molecule has 1 atom stereocenters. The number of carbonyl (C=O) groups is 1. The average Bonchev–Trinajstić information content (AvgIpc) is 3.21. The number of likely N-dealkylation sites (N-methyl/N-ethyl adjacent to an activating group) is 1. The van der Waals surface area contributed by atoms with Crippen molar-refractivity contribution in [3.05, 3.63) is 47.8 Å². The van der Waals surface area contributed by atoms with Gasteiger partial charge in [-0.05, 0) is 36.1 Å². The number of imidazole rings is 1. The van der Waals surface area contributed by atoms with Gasteiger partial charge in [-0.25, -0.2) is 19.3 Å². The Balaban J connectivity index is 1.46. The van der Waals surface area contributed by atoms with Crippen LogP contribution in [0.15, 0.2) is 30.9 Å². The molecule has 1 aliphatic carbocycles. The van der Waals surface area contributed by atoms with Crippen molar-refractivity contribution in [3.63, 3.8) is 0 Å². The zero-order chi connectivity index (χ0) is 17.4. The Morgan fingerprint density at radius 3 is 3.16 bits per heavy atom. The van der Waals surface area contributed by atoms with E-state index in [-0.39, 0.29) is 24.3 Å². The third kappa shape index (κ3) is 2.90. The van der Waals surface area contributed by atoms with Crippen LogP contribution >= 0.6 is 0 Å². The van der Waals surface area contributed by atoms with E-state index in [9.17, 15) is 9.18 Å². The number of benzene rings is 1. The van der Waals surface area contributed by atoms with Crippen molar-refractivity contribution in [2.24, 2.45) is 0 Å². The molecule has 7 nitrogen and oxygen atoms in total. The van der Waals surface area contributed by atoms with Crippen LogP contribution in [0.3, 0.4) is 0 Å². The summed E-state index contributed by atoms with van der Waals surface area (Å²) in [6, 6.07) is 4.66. The quantitative estimate of drug-likeness (QED) is 0.755. The molecule has 2 aromatic heterocycles. The zero-order valence-corrected chi connectivity index (χ0v) is 13.7. The molecule has 0 saturated carbocycles. The van der Waals surface area contributed by atoms with E-state index in [1.165, 1.54) is 12.4 Å². The van der Waals surface area contributed by atoms with Gasteiger partial charge in [0, 0.05) is 7.05 Å². The molecule has 0 saturated heterocycles. The summed E-state index contributed by atoms with van der Waals surface area (Å²) in [7, 11) is 1.79. The largest absolute Gasteiger partial charge is 0.348 e. The molecule has 0 bridgehead atoms. The third-order valence-corrected chi connectivity index (χ3v) is 4.46. The van der Waals surface area contributed by atoms with E-state index < -0.39 is 0 Å². The van der Waals surface area contributed by atoms with E-state index in [4.69, 9.17) is 0 Å². The minimum Gasteiger partial charge on any atom is -0.348 e. The molecule has 8 heteroatoms. The molecule has 1 aliphatic rings. The number of hydrogen-bond donors (Lipinski definition) is 2. The summed E-state index contributed by atoms with van der Waals surface area (Å²) >= 11 is 0. The molecule has 128 valence electrons. The Bertz CT molecular complexity index is 940. The van der Waals surface area contributed by atoms with E-state index in [0.29, 0.717) is 17.0 Å². The smallest absolute Gasteiger partial charge is 0.240 e. The molecule has 1 amide bonds. The number of hydrogen-bond acceptors (Lipinski definition) is 5. The molecule has 3 aromatic rings. The van der Waals surface area contributed by atoms with Gasteiger partial charge < -0.3 is 15.2 Å². The molecule has 0 spiro atoms. The topological polar surface area (TPSA) is 86.8 Å². The van der Waals surface area contributed by atoms with Gasteiger partial charge in [-0.1, -0.05) is 6.07 Å². The summed E-state index contributed by atoms with van der Waals surface area (Å²) in [6.07, 6.45) is 4.53. The lowest BCUT2D eigenvalue weighted by atomic mass is 10.1. The molecule has 0 aliphatic heterocycles. The van der Waals surface area contributed by atoms with Gasteiger partial charge in [0.15, 0.2) is 11.5 Å². The maximum Gasteiger partial charge on any atom is 0.240 e. The number of aryl methyl sites for hydroxylation is 1. The summed E-state index contributed by atoms with van der Waals surface area (Å²) in [5.41, 5.74) is 3.22. The lowest BCUT2D eigenvalue weighted by Gasteiger charge is -2.20. The standard InChI is InChI=1S/C17H17FN6O/c1-24(17-15-16(20-8-19-15)21-9-22-17)7-14(25)23-13-5-2-10-6-11(18)3-4-12(10)13/h3-4,6,8-9,13H,2,5,7H2,1H3,(H,23,25)(H,19,20,21,22). The number of nitrogens with one attached hydrogen (secondary N) is 2. The van der Waals surface area contributed by atoms with Crippen LogP contribution in [0.4, 0.5) is 10.2 Å². The second kappa shape index (κ2) is 6.12. The van der Waals surface area contributed by atoms with Crippen LogP contribution in [-0.4, -0.2) is 39.4 Å². The number of aromatic nitrogens is 4. The number of fused-ring (bicyclic) bond motifs is 2. The Morgan fingerprint density at radius 2 is 2.28 bits per heavy atom. The average molecular weight is 340 g/mol. The lowest BCUT2D eigenvalue weighted by Crippen LogP contribution is -2.37. The number of amides is 1. The Kier molecular flexibility index (Phi) is 3.79. The first-order valence-electron chi connectivity index (χ1n) is 8.04. The molecule has 1 aromatic carbocycles. The third-order valence-electron chi connectivity index (χ3n) is 4.46. The van der Waals surface area contributed by atoms with Crippen molar-refractivity contribution in [2.75, 3.05) is 18.5 Å². The van der Waals surface area contributed by atoms with E-state index in [1.807, 2.05) is 0 Å². The van der Waals surface area contributed by atoms with Gasteiger partial charge in [0.2, 0.25) is 5.91 Å². The highest BCUT2D eigenvalue weighted by atomic mass is 19.1. The van der Waals surface area contributed by atoms with Crippen molar-refractivity contribution in [3.8, 4) is 0 Å². The zero-order valence-electron chi connectivity index (χ0n) is 13.7. The van der Waals surface area contributed by atoms with E-state index in [1.54, 1.807) is 30.4 Å². The highest BCUT2D eigenvalue weighted by Gasteiger charge is 2.25. The van der Waals surface area contributed by atoms with Crippen LogP contribution in [-0.2, 0) is 11.2 Å². The fourth-order valence-corrected chi connectivity index (χ4v) is 3.31. The summed E-state index contributed by atoms with van der Waals surface area (Å²) < 4.78 is 13.3. The number of anilines is 1. The Labute approximate surface area is 143 Å². The van der Waals surface area contributed by atoms with Crippen molar-refractivity contribution in [1.82, 2.24) is 25.3 Å². The molecular formula is C17H17FN6O. The number of halogens is 1. The Hall–Kier alpha value is -3.03. The molecule has 1 unspecified atom stereocenters. The molecule has 25 heavy (non-hydrogen) atoms. The minimum absolute atomic E-state index is 0.0749. The molecule has 2 N–H and O–H groups in total. The maximum atomic E-state index is 13.3. The van der Waals surface area contributed by atoms with E-state index in [2.05, 4.69) is 25.3 Å². The SMILES string of the molecule is CN(CC(=O)NC1CCc2cc(F)ccc21)c1ncnc2nc[nH]c12. The first kappa shape index (κ1) is 15.5. The first-order chi connectivity index (χ1) is 12.1. The van der Waals surface area contributed by atoms with Gasteiger partial charge in [-0.15, -0.1) is 0 Å². The first-order valence-corrected chi connectivity index (χ1v) is 8.04. The van der Waals surface area contributed by atoms with E-state index >= 15 is 0 Å². The molecule has 0 radical (unpaired) electrons. The van der Waals surface area contributed by atoms with Crippen LogP contribution in [0.5, 0.6) is 0 Å². The van der Waals surface area contributed by atoms with Gasteiger partial charge in [0.25, 0.3) is 0 Å². The maximum absolute atomic E-state index is 13.3. The fourth-order valence-electron chi connectivity index (χ4n) is 3.31. The second-order valence-corrected chi connectivity index (χ2v) is 6.16. The van der Waals surface area contributed by atoms with Crippen molar-refractivity contribution in [2.45, 2.75) is 18.9 Å². The predicted octanol–water partition coefficient (Wildman–Crippen LogP) is 1.73. The van der Waals surface area contributed by atoms with Crippen molar-refractivity contribution >= 4 is 22.9 Å². The van der Waals surface area contributed by atoms with E-state index in [0.717, 1.165) is 24.0 Å². The van der Waals surface area contributed by atoms with Gasteiger partial charge in [-0.3, -0.25) is 4.79 Å². The normalized spacial score (nSPS) is 16.0. The predicted molar refractivity (Wildman–Crippen MR) is 90.6 cm³/mol. The molecule has 2 heterocycles. The molecular weight excluding hydrogens is 323 g/mol.